The Labute approximate surface area is 141 Å². The summed E-state index contributed by atoms with van der Waals surface area (Å²) in [7, 11) is 0. The second-order valence-electron chi connectivity index (χ2n) is 4.94. The van der Waals surface area contributed by atoms with Crippen molar-refractivity contribution >= 4 is 21.7 Å². The van der Waals surface area contributed by atoms with Crippen LogP contribution in [0.1, 0.15) is 0 Å². The van der Waals surface area contributed by atoms with Gasteiger partial charge in [0.2, 0.25) is 0 Å². The number of benzene rings is 3. The van der Waals surface area contributed by atoms with Crippen molar-refractivity contribution in [3.8, 4) is 11.3 Å². The first-order valence-electron chi connectivity index (χ1n) is 6.78. The SMILES string of the molecule is Fc1c[c-]c(-c2nc3ccccc3c3ccccc23)cc1.[Ir]. The quantitative estimate of drug-likeness (QED) is 0.286. The number of halogens is 1. The minimum absolute atomic E-state index is 0. The summed E-state index contributed by atoms with van der Waals surface area (Å²) >= 11 is 0. The monoisotopic (exact) mass is 465 g/mol. The molecule has 4 rings (SSSR count). The smallest absolute Gasteiger partial charge is 0.0601 e. The van der Waals surface area contributed by atoms with E-state index in [0.29, 0.717) is 0 Å². The molecule has 109 valence electrons. The van der Waals surface area contributed by atoms with Crippen molar-refractivity contribution in [2.75, 3.05) is 0 Å². The van der Waals surface area contributed by atoms with Crippen molar-refractivity contribution < 1.29 is 24.5 Å². The van der Waals surface area contributed by atoms with Crippen LogP contribution in [-0.2, 0) is 20.1 Å². The normalized spacial score (nSPS) is 10.6. The van der Waals surface area contributed by atoms with Crippen LogP contribution in [0.15, 0.2) is 66.7 Å². The third-order valence-corrected chi connectivity index (χ3v) is 3.64. The van der Waals surface area contributed by atoms with E-state index in [1.807, 2.05) is 36.4 Å². The maximum Gasteiger partial charge on any atom is 0.0601 e. The zero-order valence-corrected chi connectivity index (χ0v) is 13.9. The van der Waals surface area contributed by atoms with Crippen LogP contribution < -0.4 is 0 Å². The number of nitrogens with zero attached hydrogens (tertiary/aromatic N) is 1. The second kappa shape index (κ2) is 5.96. The molecule has 0 aliphatic carbocycles. The summed E-state index contributed by atoms with van der Waals surface area (Å²) in [5.74, 6) is -0.288. The van der Waals surface area contributed by atoms with E-state index in [9.17, 15) is 4.39 Å². The average molecular weight is 465 g/mol. The third-order valence-electron chi connectivity index (χ3n) is 3.64. The molecule has 0 N–H and O–H groups in total. The van der Waals surface area contributed by atoms with E-state index < -0.39 is 0 Å². The zero-order valence-electron chi connectivity index (χ0n) is 11.5. The molecular weight excluding hydrogens is 453 g/mol. The minimum Gasteiger partial charge on any atom is -0.296 e. The predicted octanol–water partition coefficient (Wildman–Crippen LogP) is 4.99. The number of hydrogen-bond donors (Lipinski definition) is 0. The van der Waals surface area contributed by atoms with Gasteiger partial charge in [0.05, 0.1) is 5.52 Å². The summed E-state index contributed by atoms with van der Waals surface area (Å²) in [4.78, 5) is 4.75. The fourth-order valence-corrected chi connectivity index (χ4v) is 2.66. The molecule has 0 aliphatic rings. The van der Waals surface area contributed by atoms with Crippen LogP contribution in [0.5, 0.6) is 0 Å². The van der Waals surface area contributed by atoms with Crippen LogP contribution in [0.25, 0.3) is 32.9 Å². The Bertz CT molecular complexity index is 948. The maximum absolute atomic E-state index is 13.1. The van der Waals surface area contributed by atoms with Crippen LogP contribution in [0, 0.1) is 11.9 Å². The standard InChI is InChI=1S/C19H11FN.Ir/c20-14-11-9-13(10-12-14)19-17-7-2-1-5-15(17)16-6-3-4-8-18(16)21-19;/h1-9,11-12H;/q-1;. The Kier molecular flexibility index (Phi) is 4.02. The predicted molar refractivity (Wildman–Crippen MR) is 83.5 cm³/mol. The molecule has 3 aromatic carbocycles. The van der Waals surface area contributed by atoms with Crippen LogP contribution in [-0.4, -0.2) is 4.98 Å². The van der Waals surface area contributed by atoms with E-state index in [0.717, 1.165) is 32.9 Å². The summed E-state index contributed by atoms with van der Waals surface area (Å²) in [5.41, 5.74) is 2.58. The molecular formula is C19H11FIrN-. The van der Waals surface area contributed by atoms with Gasteiger partial charge in [-0.25, -0.2) is 0 Å². The number of para-hydroxylation sites is 1. The summed E-state index contributed by atoms with van der Waals surface area (Å²) < 4.78 is 13.1. The number of aromatic nitrogens is 1. The van der Waals surface area contributed by atoms with Crippen molar-refractivity contribution in [1.29, 1.82) is 0 Å². The fraction of sp³-hybridized carbons (Fsp3) is 0. The second-order valence-corrected chi connectivity index (χ2v) is 4.94. The van der Waals surface area contributed by atoms with Gasteiger partial charge in [0, 0.05) is 31.3 Å². The van der Waals surface area contributed by atoms with E-state index in [-0.39, 0.29) is 25.9 Å². The average Bonchev–Trinajstić information content (AvgIpc) is 2.55. The van der Waals surface area contributed by atoms with Gasteiger partial charge in [-0.15, -0.1) is 29.8 Å². The van der Waals surface area contributed by atoms with E-state index in [4.69, 9.17) is 4.98 Å². The zero-order chi connectivity index (χ0) is 14.2. The van der Waals surface area contributed by atoms with E-state index in [1.165, 1.54) is 12.1 Å². The van der Waals surface area contributed by atoms with Crippen molar-refractivity contribution in [3.05, 3.63) is 78.6 Å². The first-order valence-corrected chi connectivity index (χ1v) is 6.78. The molecule has 0 aliphatic heterocycles. The molecule has 0 bridgehead atoms. The van der Waals surface area contributed by atoms with E-state index in [2.05, 4.69) is 18.2 Å². The molecule has 0 spiro atoms. The van der Waals surface area contributed by atoms with Crippen LogP contribution in [0.4, 0.5) is 4.39 Å². The third kappa shape index (κ3) is 2.43. The molecule has 0 saturated carbocycles. The van der Waals surface area contributed by atoms with Gasteiger partial charge in [-0.05, 0) is 22.5 Å². The van der Waals surface area contributed by atoms with Crippen molar-refractivity contribution in [1.82, 2.24) is 4.98 Å². The van der Waals surface area contributed by atoms with Crippen LogP contribution in [0.3, 0.4) is 0 Å². The summed E-state index contributed by atoms with van der Waals surface area (Å²) in [6.07, 6.45) is 0. The summed E-state index contributed by atoms with van der Waals surface area (Å²) in [6, 6.07) is 23.7. The summed E-state index contributed by atoms with van der Waals surface area (Å²) in [6.45, 7) is 0. The number of hydrogen-bond acceptors (Lipinski definition) is 1. The number of fused-ring (bicyclic) bond motifs is 3. The Morgan fingerprint density at radius 1 is 0.773 bits per heavy atom. The van der Waals surface area contributed by atoms with Gasteiger partial charge in [-0.1, -0.05) is 42.5 Å². The molecule has 1 nitrogen and oxygen atoms in total. The summed E-state index contributed by atoms with van der Waals surface area (Å²) in [5, 5.41) is 3.33. The number of rotatable bonds is 1. The molecule has 0 saturated heterocycles. The molecule has 1 heterocycles. The molecule has 0 amide bonds. The molecule has 3 heteroatoms. The van der Waals surface area contributed by atoms with Crippen molar-refractivity contribution in [2.45, 2.75) is 0 Å². The largest absolute Gasteiger partial charge is 0.296 e. The Morgan fingerprint density at radius 3 is 2.18 bits per heavy atom. The van der Waals surface area contributed by atoms with E-state index in [1.54, 1.807) is 6.07 Å². The molecule has 22 heavy (non-hydrogen) atoms. The topological polar surface area (TPSA) is 12.9 Å². The molecule has 1 radical (unpaired) electrons. The minimum atomic E-state index is -0.288. The number of pyridine rings is 1. The van der Waals surface area contributed by atoms with E-state index >= 15 is 0 Å². The molecule has 0 fully saturated rings. The van der Waals surface area contributed by atoms with Gasteiger partial charge in [-0.3, -0.25) is 9.37 Å². The van der Waals surface area contributed by atoms with Gasteiger partial charge >= 0.3 is 0 Å². The van der Waals surface area contributed by atoms with Gasteiger partial charge < -0.3 is 0 Å². The first kappa shape index (κ1) is 14.8. The van der Waals surface area contributed by atoms with Gasteiger partial charge in [0.25, 0.3) is 0 Å². The van der Waals surface area contributed by atoms with Gasteiger partial charge in [-0.2, -0.15) is 0 Å². The maximum atomic E-state index is 13.1. The Hall–Kier alpha value is -2.09. The van der Waals surface area contributed by atoms with Crippen LogP contribution >= 0.6 is 0 Å². The molecule has 1 aromatic heterocycles. The van der Waals surface area contributed by atoms with Gasteiger partial charge in [0.1, 0.15) is 0 Å². The molecule has 0 atom stereocenters. The fourth-order valence-electron chi connectivity index (χ4n) is 2.66. The van der Waals surface area contributed by atoms with Crippen molar-refractivity contribution in [3.63, 3.8) is 0 Å². The Morgan fingerprint density at radius 2 is 1.45 bits per heavy atom. The van der Waals surface area contributed by atoms with Gasteiger partial charge in [0.15, 0.2) is 0 Å². The first-order chi connectivity index (χ1) is 10.3. The Balaban J connectivity index is 0.00000144. The molecule has 4 aromatic rings. The molecule has 0 unspecified atom stereocenters. The van der Waals surface area contributed by atoms with Crippen molar-refractivity contribution in [2.24, 2.45) is 0 Å². The van der Waals surface area contributed by atoms with Crippen LogP contribution in [0.2, 0.25) is 0 Å².